The molecule has 1 spiro atoms. The third kappa shape index (κ3) is 1.29. The van der Waals surface area contributed by atoms with Gasteiger partial charge in [-0.05, 0) is 63.2 Å². The van der Waals surface area contributed by atoms with Gasteiger partial charge >= 0.3 is 11.9 Å². The quantitative estimate of drug-likeness (QED) is 0.596. The Kier molecular flexibility index (Phi) is 2.35. The first-order valence-corrected chi connectivity index (χ1v) is 8.99. The summed E-state index contributed by atoms with van der Waals surface area (Å²) in [6.45, 7) is 6.22. The molecule has 5 fully saturated rings. The van der Waals surface area contributed by atoms with Crippen LogP contribution >= 0.6 is 0 Å². The maximum atomic E-state index is 12.7. The average Bonchev–Trinajstić information content (AvgIpc) is 2.92. The summed E-state index contributed by atoms with van der Waals surface area (Å²) in [6, 6.07) is 0. The SMILES string of the molecule is C=C1C[C@]23CC1CC[C@H]2C12CCC[C@](C)(C(=O)O1)C2[C@@H]3C(=O)O. The third-order valence-electron chi connectivity index (χ3n) is 8.29. The van der Waals surface area contributed by atoms with Crippen molar-refractivity contribution < 1.29 is 19.4 Å². The minimum absolute atomic E-state index is 0.139. The number of carbonyl (C=O) groups is 2. The Bertz CT molecular complexity index is 654. The number of ether oxygens (including phenoxy) is 1. The molecule has 0 aromatic heterocycles. The molecule has 0 aromatic carbocycles. The van der Waals surface area contributed by atoms with E-state index in [1.54, 1.807) is 0 Å². The molecule has 124 valence electrons. The summed E-state index contributed by atoms with van der Waals surface area (Å²) in [5.41, 5.74) is -0.0978. The van der Waals surface area contributed by atoms with Crippen molar-refractivity contribution in [2.75, 3.05) is 0 Å². The van der Waals surface area contributed by atoms with Crippen LogP contribution in [0.2, 0.25) is 0 Å². The number of hydrogen-bond acceptors (Lipinski definition) is 3. The summed E-state index contributed by atoms with van der Waals surface area (Å²) in [5.74, 6) is -0.771. The van der Waals surface area contributed by atoms with Crippen LogP contribution in [0.1, 0.15) is 51.9 Å². The van der Waals surface area contributed by atoms with Crippen LogP contribution in [-0.4, -0.2) is 22.6 Å². The first-order chi connectivity index (χ1) is 10.9. The van der Waals surface area contributed by atoms with Gasteiger partial charge in [-0.15, -0.1) is 0 Å². The van der Waals surface area contributed by atoms with Crippen molar-refractivity contribution in [3.05, 3.63) is 12.2 Å². The van der Waals surface area contributed by atoms with Crippen molar-refractivity contribution in [3.8, 4) is 0 Å². The minimum atomic E-state index is -0.719. The largest absolute Gasteiger partial charge is 0.481 e. The fourth-order valence-electron chi connectivity index (χ4n) is 7.70. The number of carbonyl (C=O) groups excluding carboxylic acids is 1. The van der Waals surface area contributed by atoms with E-state index in [9.17, 15) is 14.7 Å². The predicted octanol–water partition coefficient (Wildman–Crippen LogP) is 3.17. The van der Waals surface area contributed by atoms with E-state index in [1.807, 2.05) is 6.92 Å². The number of fused-ring (bicyclic) bond motifs is 1. The summed E-state index contributed by atoms with van der Waals surface area (Å²) in [6.07, 6.45) is 6.45. The molecule has 5 rings (SSSR count). The summed E-state index contributed by atoms with van der Waals surface area (Å²) < 4.78 is 6.10. The lowest BCUT2D eigenvalue weighted by Gasteiger charge is -2.43. The molecule has 4 aliphatic carbocycles. The van der Waals surface area contributed by atoms with Gasteiger partial charge in [-0.2, -0.15) is 0 Å². The highest BCUT2D eigenvalue weighted by atomic mass is 16.6. The van der Waals surface area contributed by atoms with Crippen LogP contribution < -0.4 is 0 Å². The van der Waals surface area contributed by atoms with Crippen molar-refractivity contribution >= 4 is 11.9 Å². The summed E-state index contributed by atoms with van der Waals surface area (Å²) >= 11 is 0. The van der Waals surface area contributed by atoms with Crippen molar-refractivity contribution in [2.45, 2.75) is 57.5 Å². The van der Waals surface area contributed by atoms with Gasteiger partial charge in [-0.1, -0.05) is 12.2 Å². The molecular formula is C19H24O4. The Labute approximate surface area is 136 Å². The van der Waals surface area contributed by atoms with E-state index in [2.05, 4.69) is 6.58 Å². The Balaban J connectivity index is 1.75. The highest BCUT2D eigenvalue weighted by molar-refractivity contribution is 5.84. The molecule has 0 radical (unpaired) electrons. The monoisotopic (exact) mass is 316 g/mol. The second-order valence-corrected chi connectivity index (χ2v) is 9.01. The van der Waals surface area contributed by atoms with Crippen LogP contribution in [0.5, 0.6) is 0 Å². The highest BCUT2D eigenvalue weighted by Gasteiger charge is 2.81. The average molecular weight is 316 g/mol. The zero-order chi connectivity index (χ0) is 16.2. The topological polar surface area (TPSA) is 63.6 Å². The molecule has 4 bridgehead atoms. The molecule has 0 amide bonds. The lowest BCUT2D eigenvalue weighted by molar-refractivity contribution is -0.160. The Hall–Kier alpha value is -1.32. The third-order valence-corrected chi connectivity index (χ3v) is 8.29. The molecule has 0 aromatic rings. The van der Waals surface area contributed by atoms with Crippen molar-refractivity contribution in [1.29, 1.82) is 0 Å². The highest BCUT2D eigenvalue weighted by Crippen LogP contribution is 2.77. The number of carboxylic acids is 1. The van der Waals surface area contributed by atoms with E-state index in [0.29, 0.717) is 5.92 Å². The zero-order valence-corrected chi connectivity index (χ0v) is 13.6. The first-order valence-electron chi connectivity index (χ1n) is 8.99. The van der Waals surface area contributed by atoms with Gasteiger partial charge in [0.05, 0.1) is 11.3 Å². The van der Waals surface area contributed by atoms with Crippen LogP contribution in [0.15, 0.2) is 12.2 Å². The number of aliphatic carboxylic acids is 1. The van der Waals surface area contributed by atoms with Gasteiger partial charge in [-0.3, -0.25) is 9.59 Å². The number of esters is 1. The van der Waals surface area contributed by atoms with E-state index >= 15 is 0 Å². The van der Waals surface area contributed by atoms with E-state index in [4.69, 9.17) is 4.74 Å². The van der Waals surface area contributed by atoms with Crippen molar-refractivity contribution in [1.82, 2.24) is 0 Å². The summed E-state index contributed by atoms with van der Waals surface area (Å²) in [4.78, 5) is 25.0. The lowest BCUT2D eigenvalue weighted by atomic mass is 9.60. The Morgan fingerprint density at radius 3 is 2.87 bits per heavy atom. The lowest BCUT2D eigenvalue weighted by Crippen LogP contribution is -2.47. The second kappa shape index (κ2) is 3.84. The van der Waals surface area contributed by atoms with Crippen LogP contribution in [-0.2, 0) is 14.3 Å². The van der Waals surface area contributed by atoms with Crippen molar-refractivity contribution in [3.63, 3.8) is 0 Å². The van der Waals surface area contributed by atoms with Gasteiger partial charge in [-0.25, -0.2) is 0 Å². The number of hydrogen-bond donors (Lipinski definition) is 1. The second-order valence-electron chi connectivity index (χ2n) is 9.01. The zero-order valence-electron chi connectivity index (χ0n) is 13.6. The van der Waals surface area contributed by atoms with Gasteiger partial charge in [0.1, 0.15) is 5.60 Å². The fourth-order valence-corrected chi connectivity index (χ4v) is 7.70. The van der Waals surface area contributed by atoms with Crippen LogP contribution in [0, 0.1) is 34.5 Å². The van der Waals surface area contributed by atoms with E-state index < -0.39 is 22.9 Å². The molecule has 5 aliphatic rings. The predicted molar refractivity (Wildman–Crippen MR) is 82.4 cm³/mol. The fraction of sp³-hybridized carbons (Fsp3) is 0.789. The molecule has 4 nitrogen and oxygen atoms in total. The molecule has 7 atom stereocenters. The minimum Gasteiger partial charge on any atom is -0.481 e. The first kappa shape index (κ1) is 14.1. The van der Waals surface area contributed by atoms with Gasteiger partial charge in [0.15, 0.2) is 0 Å². The number of carboxylic acid groups (broad SMARTS) is 1. The molecule has 1 saturated heterocycles. The number of allylic oxidation sites excluding steroid dienone is 1. The molecule has 23 heavy (non-hydrogen) atoms. The van der Waals surface area contributed by atoms with Crippen LogP contribution in [0.4, 0.5) is 0 Å². The standard InChI is InChI=1S/C19H24O4/c1-10-8-18-9-11(10)4-5-12(18)19-7-3-6-17(2,16(22)23-19)14(19)13(18)15(20)21/h11-14H,1,3-9H2,2H3,(H,20,21)/t11?,12-,13-,14?,17+,18+,19?/m1/s1. The molecule has 4 heteroatoms. The normalized spacial score (nSPS) is 56.2. The van der Waals surface area contributed by atoms with Gasteiger partial charge < -0.3 is 9.84 Å². The van der Waals surface area contributed by atoms with Crippen LogP contribution in [0.25, 0.3) is 0 Å². The Morgan fingerprint density at radius 2 is 2.13 bits per heavy atom. The molecule has 1 N–H and O–H groups in total. The Morgan fingerprint density at radius 1 is 1.35 bits per heavy atom. The summed E-state index contributed by atoms with van der Waals surface area (Å²) in [5, 5.41) is 10.2. The van der Waals surface area contributed by atoms with Gasteiger partial charge in [0, 0.05) is 11.8 Å². The summed E-state index contributed by atoms with van der Waals surface area (Å²) in [7, 11) is 0. The van der Waals surface area contributed by atoms with E-state index in [1.165, 1.54) is 5.57 Å². The number of rotatable bonds is 1. The van der Waals surface area contributed by atoms with Gasteiger partial charge in [0.25, 0.3) is 0 Å². The maximum absolute atomic E-state index is 12.7. The smallest absolute Gasteiger partial charge is 0.312 e. The maximum Gasteiger partial charge on any atom is 0.312 e. The molecule has 3 unspecified atom stereocenters. The molecule has 4 saturated carbocycles. The molecular weight excluding hydrogens is 292 g/mol. The van der Waals surface area contributed by atoms with Crippen LogP contribution in [0.3, 0.4) is 0 Å². The molecule has 1 heterocycles. The van der Waals surface area contributed by atoms with Crippen molar-refractivity contribution in [2.24, 2.45) is 34.5 Å². The molecule has 1 aliphatic heterocycles. The van der Waals surface area contributed by atoms with E-state index in [0.717, 1.165) is 44.9 Å². The van der Waals surface area contributed by atoms with E-state index in [-0.39, 0.29) is 23.2 Å². The van der Waals surface area contributed by atoms with Gasteiger partial charge in [0.2, 0.25) is 0 Å².